The minimum Gasteiger partial charge on any atom is -0.344 e. The van der Waals surface area contributed by atoms with Crippen molar-refractivity contribution in [2.24, 2.45) is 5.92 Å². The summed E-state index contributed by atoms with van der Waals surface area (Å²) in [5.74, 6) is 1.20. The fourth-order valence-corrected chi connectivity index (χ4v) is 2.61. The number of hydrogen-bond donors (Lipinski definition) is 1. The summed E-state index contributed by atoms with van der Waals surface area (Å²) in [6, 6.07) is 0. The Morgan fingerprint density at radius 3 is 2.65 bits per heavy atom. The number of nitrogens with one attached hydrogen (secondary N) is 1. The predicted molar refractivity (Wildman–Crippen MR) is 72.0 cm³/mol. The van der Waals surface area contributed by atoms with Gasteiger partial charge in [-0.3, -0.25) is 4.79 Å². The molecular weight excluding hydrogens is 212 g/mol. The van der Waals surface area contributed by atoms with Crippen LogP contribution in [0.3, 0.4) is 0 Å². The van der Waals surface area contributed by atoms with E-state index in [1.807, 2.05) is 19.0 Å². The molecule has 0 radical (unpaired) electrons. The molecule has 0 aliphatic heterocycles. The van der Waals surface area contributed by atoms with Crippen molar-refractivity contribution in [3.05, 3.63) is 0 Å². The Hall–Kier alpha value is -0.570. The molecule has 1 N–H and O–H groups in total. The predicted octanol–water partition coefficient (Wildman–Crippen LogP) is 2.41. The quantitative estimate of drug-likeness (QED) is 0.741. The van der Waals surface area contributed by atoms with E-state index in [0.717, 1.165) is 31.8 Å². The molecule has 0 spiro atoms. The Labute approximate surface area is 106 Å². The highest BCUT2D eigenvalue weighted by atomic mass is 16.2. The maximum absolute atomic E-state index is 11.8. The molecule has 0 heterocycles. The molecule has 1 rings (SSSR count). The fraction of sp³-hybridized carbons (Fsp3) is 0.929. The summed E-state index contributed by atoms with van der Waals surface area (Å²) in [4.78, 5) is 13.6. The largest absolute Gasteiger partial charge is 0.344 e. The van der Waals surface area contributed by atoms with Gasteiger partial charge in [-0.15, -0.1) is 0 Å². The van der Waals surface area contributed by atoms with Crippen LogP contribution in [0.1, 0.15) is 51.4 Å². The van der Waals surface area contributed by atoms with Gasteiger partial charge in [0.1, 0.15) is 0 Å². The van der Waals surface area contributed by atoms with E-state index in [9.17, 15) is 4.79 Å². The van der Waals surface area contributed by atoms with E-state index in [0.29, 0.717) is 5.91 Å². The molecule has 1 aliphatic rings. The molecule has 3 heteroatoms. The Balaban J connectivity index is 2.06. The van der Waals surface area contributed by atoms with Gasteiger partial charge in [0.15, 0.2) is 0 Å². The maximum atomic E-state index is 11.8. The van der Waals surface area contributed by atoms with Crippen LogP contribution in [0, 0.1) is 5.92 Å². The van der Waals surface area contributed by atoms with Crippen LogP contribution in [0.5, 0.6) is 0 Å². The zero-order chi connectivity index (χ0) is 12.5. The van der Waals surface area contributed by atoms with Crippen molar-refractivity contribution in [2.75, 3.05) is 27.2 Å². The lowest BCUT2D eigenvalue weighted by Crippen LogP contribution is -2.32. The van der Waals surface area contributed by atoms with E-state index in [1.54, 1.807) is 0 Å². The van der Waals surface area contributed by atoms with Crippen molar-refractivity contribution in [3.8, 4) is 0 Å². The minimum atomic E-state index is 0.302. The van der Waals surface area contributed by atoms with E-state index < -0.39 is 0 Å². The molecule has 0 aromatic carbocycles. The zero-order valence-corrected chi connectivity index (χ0v) is 11.5. The second kappa shape index (κ2) is 8.51. The van der Waals surface area contributed by atoms with Gasteiger partial charge < -0.3 is 10.2 Å². The number of carbonyl (C=O) groups excluding carboxylic acids is 1. The third kappa shape index (κ3) is 6.06. The lowest BCUT2D eigenvalue weighted by Gasteiger charge is -2.22. The first-order valence-electron chi connectivity index (χ1n) is 7.12. The van der Waals surface area contributed by atoms with Crippen LogP contribution in [0.2, 0.25) is 0 Å². The molecule has 3 nitrogen and oxygen atoms in total. The molecule has 1 fully saturated rings. The molecule has 0 unspecified atom stereocenters. The van der Waals surface area contributed by atoms with Crippen LogP contribution >= 0.6 is 0 Å². The van der Waals surface area contributed by atoms with Gasteiger partial charge in [-0.2, -0.15) is 0 Å². The smallest absolute Gasteiger partial charge is 0.222 e. The van der Waals surface area contributed by atoms with Crippen molar-refractivity contribution >= 4 is 5.91 Å². The molecule has 1 amide bonds. The van der Waals surface area contributed by atoms with Crippen LogP contribution in [0.15, 0.2) is 0 Å². The molecule has 1 aliphatic carbocycles. The maximum Gasteiger partial charge on any atom is 0.222 e. The van der Waals surface area contributed by atoms with Gasteiger partial charge in [0, 0.05) is 26.6 Å². The second-order valence-electron chi connectivity index (χ2n) is 5.32. The summed E-state index contributed by atoms with van der Waals surface area (Å²) in [6.07, 6.45) is 10.1. The second-order valence-corrected chi connectivity index (χ2v) is 5.32. The van der Waals surface area contributed by atoms with Crippen molar-refractivity contribution in [3.63, 3.8) is 0 Å². The normalized spacial score (nSPS) is 17.1. The Morgan fingerprint density at radius 1 is 1.29 bits per heavy atom. The highest BCUT2D eigenvalue weighted by Crippen LogP contribution is 2.27. The SMILES string of the molecule is CNCCN(C)C(=O)CCCC1CCCCC1. The Morgan fingerprint density at radius 2 is 2.00 bits per heavy atom. The van der Waals surface area contributed by atoms with Crippen molar-refractivity contribution in [2.45, 2.75) is 51.4 Å². The Bertz CT molecular complexity index is 212. The van der Waals surface area contributed by atoms with Gasteiger partial charge in [0.05, 0.1) is 0 Å². The van der Waals surface area contributed by atoms with E-state index in [2.05, 4.69) is 5.32 Å². The zero-order valence-electron chi connectivity index (χ0n) is 11.5. The molecule has 0 atom stereocenters. The van der Waals surface area contributed by atoms with Gasteiger partial charge in [0.25, 0.3) is 0 Å². The molecule has 0 aromatic heterocycles. The van der Waals surface area contributed by atoms with Crippen LogP contribution in [-0.4, -0.2) is 38.0 Å². The van der Waals surface area contributed by atoms with Crippen molar-refractivity contribution in [1.82, 2.24) is 10.2 Å². The van der Waals surface area contributed by atoms with Crippen molar-refractivity contribution in [1.29, 1.82) is 0 Å². The fourth-order valence-electron chi connectivity index (χ4n) is 2.61. The molecule has 1 saturated carbocycles. The van der Waals surface area contributed by atoms with Gasteiger partial charge in [0.2, 0.25) is 5.91 Å². The molecule has 0 saturated heterocycles. The summed E-state index contributed by atoms with van der Waals surface area (Å²) < 4.78 is 0. The van der Waals surface area contributed by atoms with Gasteiger partial charge in [-0.1, -0.05) is 32.1 Å². The first-order valence-corrected chi connectivity index (χ1v) is 7.12. The number of nitrogens with zero attached hydrogens (tertiary/aromatic N) is 1. The number of carbonyl (C=O) groups is 1. The first-order chi connectivity index (χ1) is 8.24. The molecular formula is C14H28N2O. The summed E-state index contributed by atoms with van der Waals surface area (Å²) in [5, 5.41) is 3.07. The average molecular weight is 240 g/mol. The van der Waals surface area contributed by atoms with Crippen LogP contribution < -0.4 is 5.32 Å². The lowest BCUT2D eigenvalue weighted by atomic mass is 9.86. The molecule has 0 bridgehead atoms. The minimum absolute atomic E-state index is 0.302. The number of hydrogen-bond acceptors (Lipinski definition) is 2. The van der Waals surface area contributed by atoms with Gasteiger partial charge in [-0.05, 0) is 25.8 Å². The summed E-state index contributed by atoms with van der Waals surface area (Å²) in [7, 11) is 3.82. The van der Waals surface area contributed by atoms with E-state index in [1.165, 1.54) is 38.5 Å². The van der Waals surface area contributed by atoms with E-state index in [4.69, 9.17) is 0 Å². The third-order valence-corrected chi connectivity index (χ3v) is 3.85. The Kier molecular flexibility index (Phi) is 7.25. The standard InChI is InChI=1S/C14H28N2O/c1-15-11-12-16(2)14(17)10-6-9-13-7-4-3-5-8-13/h13,15H,3-12H2,1-2H3. The van der Waals surface area contributed by atoms with Gasteiger partial charge >= 0.3 is 0 Å². The molecule has 17 heavy (non-hydrogen) atoms. The highest BCUT2D eigenvalue weighted by Gasteiger charge is 2.14. The summed E-state index contributed by atoms with van der Waals surface area (Å²) in [5.41, 5.74) is 0. The van der Waals surface area contributed by atoms with Crippen LogP contribution in [-0.2, 0) is 4.79 Å². The topological polar surface area (TPSA) is 32.3 Å². The van der Waals surface area contributed by atoms with Crippen molar-refractivity contribution < 1.29 is 4.79 Å². The monoisotopic (exact) mass is 240 g/mol. The van der Waals surface area contributed by atoms with E-state index >= 15 is 0 Å². The third-order valence-electron chi connectivity index (χ3n) is 3.85. The number of amides is 1. The number of rotatable bonds is 7. The highest BCUT2D eigenvalue weighted by molar-refractivity contribution is 5.75. The average Bonchev–Trinajstić information content (AvgIpc) is 2.37. The summed E-state index contributed by atoms with van der Waals surface area (Å²) in [6.45, 7) is 1.70. The van der Waals surface area contributed by atoms with Crippen LogP contribution in [0.25, 0.3) is 0 Å². The first kappa shape index (κ1) is 14.5. The number of likely N-dealkylation sites (N-methyl/N-ethyl adjacent to an activating group) is 2. The van der Waals surface area contributed by atoms with E-state index in [-0.39, 0.29) is 0 Å². The van der Waals surface area contributed by atoms with Gasteiger partial charge in [-0.25, -0.2) is 0 Å². The molecule has 100 valence electrons. The summed E-state index contributed by atoms with van der Waals surface area (Å²) >= 11 is 0. The molecule has 0 aromatic rings. The lowest BCUT2D eigenvalue weighted by molar-refractivity contribution is -0.130. The van der Waals surface area contributed by atoms with Crippen LogP contribution in [0.4, 0.5) is 0 Å².